The third kappa shape index (κ3) is 2.85. The number of aryl methyl sites for hydroxylation is 2. The van der Waals surface area contributed by atoms with Gasteiger partial charge in [0, 0.05) is 21.3 Å². The number of benzene rings is 1. The molecule has 1 heterocycles. The lowest BCUT2D eigenvalue weighted by Gasteiger charge is -2.14. The molecule has 6 heteroatoms. The normalized spacial score (nSPS) is 12.2. The summed E-state index contributed by atoms with van der Waals surface area (Å²) in [5, 5.41) is 6.81. The molecule has 0 saturated carbocycles. The Balaban J connectivity index is 2.17. The second-order valence-electron chi connectivity index (χ2n) is 4.67. The molecule has 1 atom stereocenters. The van der Waals surface area contributed by atoms with Crippen molar-refractivity contribution < 1.29 is 9.32 Å². The second-order valence-corrected chi connectivity index (χ2v) is 5.52. The number of carbonyl (C=O) groups excluding carboxylic acids is 1. The molecule has 20 heavy (non-hydrogen) atoms. The number of nitrogens with one attached hydrogen (secondary N) is 1. The van der Waals surface area contributed by atoms with Crippen molar-refractivity contribution in [3.8, 4) is 0 Å². The summed E-state index contributed by atoms with van der Waals surface area (Å²) in [5.41, 5.74) is 8.52. The van der Waals surface area contributed by atoms with Gasteiger partial charge in [-0.1, -0.05) is 5.16 Å². The van der Waals surface area contributed by atoms with E-state index >= 15 is 0 Å². The summed E-state index contributed by atoms with van der Waals surface area (Å²) in [6.45, 7) is 5.58. The molecular formula is C14H16BrN3O2. The van der Waals surface area contributed by atoms with Gasteiger partial charge in [0.05, 0.1) is 11.7 Å². The van der Waals surface area contributed by atoms with Crippen LogP contribution in [0.15, 0.2) is 27.2 Å². The largest absolute Gasteiger partial charge is 0.398 e. The zero-order valence-electron chi connectivity index (χ0n) is 11.5. The van der Waals surface area contributed by atoms with Crippen molar-refractivity contribution in [2.24, 2.45) is 0 Å². The summed E-state index contributed by atoms with van der Waals surface area (Å²) < 4.78 is 5.88. The number of carbonyl (C=O) groups is 1. The summed E-state index contributed by atoms with van der Waals surface area (Å²) in [7, 11) is 0. The molecule has 0 spiro atoms. The molecule has 1 unspecified atom stereocenters. The van der Waals surface area contributed by atoms with E-state index in [1.165, 1.54) is 0 Å². The van der Waals surface area contributed by atoms with Gasteiger partial charge in [0.1, 0.15) is 5.76 Å². The number of nitrogens with zero attached hydrogens (tertiary/aromatic N) is 1. The van der Waals surface area contributed by atoms with Gasteiger partial charge in [0.25, 0.3) is 5.91 Å². The molecule has 106 valence electrons. The Hall–Kier alpha value is -1.82. The third-order valence-electron chi connectivity index (χ3n) is 3.13. The SMILES string of the molecule is Cc1noc(C)c1C(C)NC(=O)c1ccc(Br)c(N)c1. The Kier molecular flexibility index (Phi) is 4.13. The van der Waals surface area contributed by atoms with Gasteiger partial charge < -0.3 is 15.6 Å². The third-order valence-corrected chi connectivity index (χ3v) is 3.85. The smallest absolute Gasteiger partial charge is 0.251 e. The minimum Gasteiger partial charge on any atom is -0.398 e. The maximum absolute atomic E-state index is 12.2. The first-order valence-corrected chi connectivity index (χ1v) is 6.98. The number of anilines is 1. The molecular weight excluding hydrogens is 322 g/mol. The minimum atomic E-state index is -0.184. The molecule has 0 bridgehead atoms. The van der Waals surface area contributed by atoms with E-state index in [1.54, 1.807) is 18.2 Å². The fourth-order valence-electron chi connectivity index (χ4n) is 2.15. The first-order valence-electron chi connectivity index (χ1n) is 6.18. The molecule has 0 saturated heterocycles. The number of nitrogens with two attached hydrogens (primary N) is 1. The number of nitrogen functional groups attached to an aromatic ring is 1. The van der Waals surface area contributed by atoms with E-state index < -0.39 is 0 Å². The lowest BCUT2D eigenvalue weighted by molar-refractivity contribution is 0.0939. The molecule has 0 aliphatic carbocycles. The van der Waals surface area contributed by atoms with Gasteiger partial charge in [-0.15, -0.1) is 0 Å². The van der Waals surface area contributed by atoms with Crippen LogP contribution in [0.1, 0.15) is 40.3 Å². The van der Waals surface area contributed by atoms with Crippen LogP contribution in [0.4, 0.5) is 5.69 Å². The fourth-order valence-corrected chi connectivity index (χ4v) is 2.39. The van der Waals surface area contributed by atoms with Crippen LogP contribution in [0, 0.1) is 13.8 Å². The van der Waals surface area contributed by atoms with Crippen molar-refractivity contribution in [3.05, 3.63) is 45.3 Å². The van der Waals surface area contributed by atoms with Gasteiger partial charge in [-0.25, -0.2) is 0 Å². The van der Waals surface area contributed by atoms with Crippen molar-refractivity contribution in [3.63, 3.8) is 0 Å². The molecule has 2 aromatic rings. The van der Waals surface area contributed by atoms with E-state index in [0.29, 0.717) is 17.0 Å². The standard InChI is InChI=1S/C14H16BrN3O2/c1-7(13-8(2)18-20-9(13)3)17-14(19)10-4-5-11(15)12(16)6-10/h4-7H,16H2,1-3H3,(H,17,19). The summed E-state index contributed by atoms with van der Waals surface area (Å²) in [4.78, 5) is 12.2. The zero-order valence-corrected chi connectivity index (χ0v) is 13.1. The Labute approximate surface area is 125 Å². The fraction of sp³-hybridized carbons (Fsp3) is 0.286. The van der Waals surface area contributed by atoms with Gasteiger partial charge in [-0.3, -0.25) is 4.79 Å². The maximum Gasteiger partial charge on any atom is 0.251 e. The van der Waals surface area contributed by atoms with Crippen molar-refractivity contribution in [1.29, 1.82) is 0 Å². The van der Waals surface area contributed by atoms with Crippen molar-refractivity contribution in [2.75, 3.05) is 5.73 Å². The van der Waals surface area contributed by atoms with Crippen LogP contribution in [-0.2, 0) is 0 Å². The van der Waals surface area contributed by atoms with Crippen molar-refractivity contribution >= 4 is 27.5 Å². The number of rotatable bonds is 3. The van der Waals surface area contributed by atoms with E-state index in [4.69, 9.17) is 10.3 Å². The highest BCUT2D eigenvalue weighted by Crippen LogP contribution is 2.23. The Morgan fingerprint density at radius 3 is 2.70 bits per heavy atom. The predicted molar refractivity (Wildman–Crippen MR) is 80.4 cm³/mol. The van der Waals surface area contributed by atoms with Crippen LogP contribution in [0.5, 0.6) is 0 Å². The van der Waals surface area contributed by atoms with Gasteiger partial charge in [-0.2, -0.15) is 0 Å². The molecule has 1 aromatic carbocycles. The van der Waals surface area contributed by atoms with E-state index in [2.05, 4.69) is 26.4 Å². The minimum absolute atomic E-state index is 0.182. The van der Waals surface area contributed by atoms with E-state index in [-0.39, 0.29) is 11.9 Å². The second kappa shape index (κ2) is 5.66. The molecule has 1 aromatic heterocycles. The van der Waals surface area contributed by atoms with Gasteiger partial charge in [0.2, 0.25) is 0 Å². The van der Waals surface area contributed by atoms with Gasteiger partial charge in [-0.05, 0) is 54.9 Å². The summed E-state index contributed by atoms with van der Waals surface area (Å²) in [6.07, 6.45) is 0. The number of aromatic nitrogens is 1. The van der Waals surface area contributed by atoms with Crippen LogP contribution in [-0.4, -0.2) is 11.1 Å². The monoisotopic (exact) mass is 337 g/mol. The summed E-state index contributed by atoms with van der Waals surface area (Å²) in [6, 6.07) is 4.93. The highest BCUT2D eigenvalue weighted by molar-refractivity contribution is 9.10. The molecule has 0 aliphatic rings. The van der Waals surface area contributed by atoms with Crippen molar-refractivity contribution in [2.45, 2.75) is 26.8 Å². The molecule has 5 nitrogen and oxygen atoms in total. The first kappa shape index (κ1) is 14.6. The van der Waals surface area contributed by atoms with Crippen LogP contribution in [0.3, 0.4) is 0 Å². The summed E-state index contributed by atoms with van der Waals surface area (Å²) in [5.74, 6) is 0.530. The molecule has 0 aliphatic heterocycles. The average molecular weight is 338 g/mol. The van der Waals surface area contributed by atoms with Crippen LogP contribution >= 0.6 is 15.9 Å². The van der Waals surface area contributed by atoms with Crippen LogP contribution in [0.25, 0.3) is 0 Å². The zero-order chi connectivity index (χ0) is 14.9. The number of halogens is 1. The lowest BCUT2D eigenvalue weighted by Crippen LogP contribution is -2.27. The topological polar surface area (TPSA) is 81.2 Å². The quantitative estimate of drug-likeness (QED) is 0.843. The molecule has 1 amide bonds. The molecule has 0 fully saturated rings. The number of hydrogen-bond acceptors (Lipinski definition) is 4. The molecule has 3 N–H and O–H groups in total. The Bertz CT molecular complexity index is 632. The lowest BCUT2D eigenvalue weighted by atomic mass is 10.1. The van der Waals surface area contributed by atoms with Crippen LogP contribution in [0.2, 0.25) is 0 Å². The highest BCUT2D eigenvalue weighted by Gasteiger charge is 2.19. The predicted octanol–water partition coefficient (Wildman–Crippen LogP) is 3.13. The summed E-state index contributed by atoms with van der Waals surface area (Å²) >= 11 is 3.30. The van der Waals surface area contributed by atoms with E-state index in [1.807, 2.05) is 20.8 Å². The van der Waals surface area contributed by atoms with E-state index in [0.717, 1.165) is 15.7 Å². The highest BCUT2D eigenvalue weighted by atomic mass is 79.9. The van der Waals surface area contributed by atoms with E-state index in [9.17, 15) is 4.79 Å². The molecule has 0 radical (unpaired) electrons. The first-order chi connectivity index (χ1) is 9.40. The Morgan fingerprint density at radius 2 is 2.15 bits per heavy atom. The maximum atomic E-state index is 12.2. The number of hydrogen-bond donors (Lipinski definition) is 2. The number of amides is 1. The van der Waals surface area contributed by atoms with Crippen LogP contribution < -0.4 is 11.1 Å². The Morgan fingerprint density at radius 1 is 1.45 bits per heavy atom. The molecule has 2 rings (SSSR count). The van der Waals surface area contributed by atoms with Gasteiger partial charge in [0.15, 0.2) is 0 Å². The van der Waals surface area contributed by atoms with Gasteiger partial charge >= 0.3 is 0 Å². The average Bonchev–Trinajstić information content (AvgIpc) is 2.72. The van der Waals surface area contributed by atoms with Crippen molar-refractivity contribution in [1.82, 2.24) is 10.5 Å².